The molecular formula is C22H17N3O3. The number of carbonyl (C=O) groups is 2. The lowest BCUT2D eigenvalue weighted by Gasteiger charge is -2.07. The number of nitrogens with one attached hydrogen (secondary N) is 2. The normalized spacial score (nSPS) is 10.6. The molecule has 0 saturated heterocycles. The minimum Gasteiger partial charge on any atom is -0.465 e. The van der Waals surface area contributed by atoms with E-state index in [2.05, 4.69) is 20.0 Å². The molecule has 0 aliphatic heterocycles. The van der Waals surface area contributed by atoms with E-state index in [4.69, 9.17) is 0 Å². The van der Waals surface area contributed by atoms with Crippen molar-refractivity contribution >= 4 is 28.6 Å². The first-order valence-corrected chi connectivity index (χ1v) is 8.69. The van der Waals surface area contributed by atoms with E-state index in [1.165, 1.54) is 7.11 Å². The quantitative estimate of drug-likeness (QED) is 0.525. The summed E-state index contributed by atoms with van der Waals surface area (Å²) in [7, 11) is 1.32. The third-order valence-electron chi connectivity index (χ3n) is 4.35. The van der Waals surface area contributed by atoms with Crippen LogP contribution < -0.4 is 5.32 Å². The summed E-state index contributed by atoms with van der Waals surface area (Å²) in [6.07, 6.45) is 0. The molecular weight excluding hydrogens is 354 g/mol. The van der Waals surface area contributed by atoms with Gasteiger partial charge in [0.05, 0.1) is 23.7 Å². The Morgan fingerprint density at radius 1 is 0.929 bits per heavy atom. The number of methoxy groups -OCH3 is 1. The molecule has 138 valence electrons. The molecule has 0 bridgehead atoms. The molecule has 6 nitrogen and oxygen atoms in total. The number of amides is 1. The molecule has 1 aromatic heterocycles. The molecule has 0 aliphatic carbocycles. The van der Waals surface area contributed by atoms with Crippen molar-refractivity contribution in [1.82, 2.24) is 9.97 Å². The first-order valence-electron chi connectivity index (χ1n) is 8.69. The number of rotatable bonds is 4. The Hall–Kier alpha value is -3.93. The highest BCUT2D eigenvalue weighted by Gasteiger charge is 2.11. The fourth-order valence-corrected chi connectivity index (χ4v) is 2.91. The van der Waals surface area contributed by atoms with Gasteiger partial charge in [-0.1, -0.05) is 24.3 Å². The van der Waals surface area contributed by atoms with Crippen molar-refractivity contribution in [2.75, 3.05) is 12.4 Å². The first kappa shape index (κ1) is 17.5. The van der Waals surface area contributed by atoms with E-state index in [1.54, 1.807) is 24.3 Å². The monoisotopic (exact) mass is 371 g/mol. The summed E-state index contributed by atoms with van der Waals surface area (Å²) >= 11 is 0. The van der Waals surface area contributed by atoms with Gasteiger partial charge < -0.3 is 15.0 Å². The molecule has 4 rings (SSSR count). The summed E-state index contributed by atoms with van der Waals surface area (Å²) in [5.74, 6) is 0.0309. The van der Waals surface area contributed by atoms with Crippen molar-refractivity contribution in [2.45, 2.75) is 0 Å². The number of para-hydroxylation sites is 2. The number of anilines is 1. The number of fused-ring (bicyclic) bond motifs is 1. The zero-order chi connectivity index (χ0) is 19.5. The van der Waals surface area contributed by atoms with Gasteiger partial charge in [-0.3, -0.25) is 4.79 Å². The number of esters is 1. The number of aromatic nitrogens is 2. The summed E-state index contributed by atoms with van der Waals surface area (Å²) in [5.41, 5.74) is 4.21. The van der Waals surface area contributed by atoms with Gasteiger partial charge in [0, 0.05) is 16.8 Å². The molecule has 3 aromatic carbocycles. The van der Waals surface area contributed by atoms with Crippen LogP contribution in [0.2, 0.25) is 0 Å². The minimum absolute atomic E-state index is 0.266. The second kappa shape index (κ2) is 7.36. The second-order valence-electron chi connectivity index (χ2n) is 6.21. The van der Waals surface area contributed by atoms with E-state index in [0.29, 0.717) is 16.8 Å². The maximum absolute atomic E-state index is 12.5. The van der Waals surface area contributed by atoms with Gasteiger partial charge in [0.25, 0.3) is 5.91 Å². The molecule has 0 fully saturated rings. The number of H-pyrrole nitrogens is 1. The highest BCUT2D eigenvalue weighted by molar-refractivity contribution is 6.05. The maximum Gasteiger partial charge on any atom is 0.337 e. The fourth-order valence-electron chi connectivity index (χ4n) is 2.91. The van der Waals surface area contributed by atoms with Gasteiger partial charge in [-0.15, -0.1) is 0 Å². The van der Waals surface area contributed by atoms with Crippen LogP contribution >= 0.6 is 0 Å². The van der Waals surface area contributed by atoms with E-state index in [-0.39, 0.29) is 5.91 Å². The average Bonchev–Trinajstić information content (AvgIpc) is 3.18. The van der Waals surface area contributed by atoms with E-state index >= 15 is 0 Å². The molecule has 0 radical (unpaired) electrons. The topological polar surface area (TPSA) is 84.1 Å². The van der Waals surface area contributed by atoms with Crippen molar-refractivity contribution in [3.05, 3.63) is 83.9 Å². The minimum atomic E-state index is -0.439. The lowest BCUT2D eigenvalue weighted by Crippen LogP contribution is -2.12. The van der Waals surface area contributed by atoms with E-state index in [9.17, 15) is 9.59 Å². The van der Waals surface area contributed by atoms with Crippen LogP contribution in [0.4, 0.5) is 5.69 Å². The number of ether oxygens (including phenoxy) is 1. The van der Waals surface area contributed by atoms with Crippen LogP contribution in [0.1, 0.15) is 20.7 Å². The van der Waals surface area contributed by atoms with Gasteiger partial charge in [0.15, 0.2) is 0 Å². The van der Waals surface area contributed by atoms with E-state index < -0.39 is 5.97 Å². The molecule has 0 saturated carbocycles. The number of benzene rings is 3. The number of hydrogen-bond donors (Lipinski definition) is 2. The summed E-state index contributed by atoms with van der Waals surface area (Å²) in [5, 5.41) is 2.87. The third-order valence-corrected chi connectivity index (χ3v) is 4.35. The number of carbonyl (C=O) groups excluding carboxylic acids is 2. The number of nitrogens with zero attached hydrogens (tertiary/aromatic N) is 1. The van der Waals surface area contributed by atoms with Gasteiger partial charge in [-0.2, -0.15) is 0 Å². The van der Waals surface area contributed by atoms with E-state index in [1.807, 2.05) is 48.5 Å². The zero-order valence-electron chi connectivity index (χ0n) is 15.1. The van der Waals surface area contributed by atoms with Crippen LogP contribution in [0.25, 0.3) is 22.4 Å². The van der Waals surface area contributed by atoms with Crippen molar-refractivity contribution in [3.8, 4) is 11.4 Å². The van der Waals surface area contributed by atoms with Gasteiger partial charge in [-0.25, -0.2) is 9.78 Å². The number of imidazole rings is 1. The van der Waals surface area contributed by atoms with Gasteiger partial charge in [0.1, 0.15) is 5.82 Å². The number of aromatic amines is 1. The highest BCUT2D eigenvalue weighted by Crippen LogP contribution is 2.23. The largest absolute Gasteiger partial charge is 0.465 e. The van der Waals surface area contributed by atoms with Crippen LogP contribution in [0.15, 0.2) is 72.8 Å². The number of hydrogen-bond acceptors (Lipinski definition) is 4. The maximum atomic E-state index is 12.5. The molecule has 2 N–H and O–H groups in total. The van der Waals surface area contributed by atoms with Crippen molar-refractivity contribution in [3.63, 3.8) is 0 Å². The highest BCUT2D eigenvalue weighted by atomic mass is 16.5. The predicted molar refractivity (Wildman–Crippen MR) is 107 cm³/mol. The lowest BCUT2D eigenvalue weighted by molar-refractivity contribution is 0.0600. The van der Waals surface area contributed by atoms with Crippen LogP contribution in [0, 0.1) is 0 Å². The van der Waals surface area contributed by atoms with E-state index in [0.717, 1.165) is 22.4 Å². The Kier molecular flexibility index (Phi) is 4.60. The Morgan fingerprint density at radius 2 is 1.68 bits per heavy atom. The zero-order valence-corrected chi connectivity index (χ0v) is 15.1. The molecule has 1 amide bonds. The smallest absolute Gasteiger partial charge is 0.337 e. The molecule has 0 unspecified atom stereocenters. The molecule has 0 spiro atoms. The van der Waals surface area contributed by atoms with Gasteiger partial charge in [-0.05, 0) is 48.5 Å². The summed E-state index contributed by atoms with van der Waals surface area (Å²) < 4.78 is 4.66. The summed E-state index contributed by atoms with van der Waals surface area (Å²) in [6, 6.07) is 21.6. The van der Waals surface area contributed by atoms with Crippen LogP contribution in [-0.4, -0.2) is 29.0 Å². The molecule has 4 aromatic rings. The first-order chi connectivity index (χ1) is 13.6. The molecule has 6 heteroatoms. The summed E-state index contributed by atoms with van der Waals surface area (Å²) in [4.78, 5) is 31.9. The predicted octanol–water partition coefficient (Wildman–Crippen LogP) is 4.27. The van der Waals surface area contributed by atoms with Crippen molar-refractivity contribution in [2.24, 2.45) is 0 Å². The Morgan fingerprint density at radius 3 is 2.43 bits per heavy atom. The average molecular weight is 371 g/mol. The van der Waals surface area contributed by atoms with Gasteiger partial charge >= 0.3 is 5.97 Å². The summed E-state index contributed by atoms with van der Waals surface area (Å²) in [6.45, 7) is 0. The van der Waals surface area contributed by atoms with Crippen LogP contribution in [-0.2, 0) is 4.74 Å². The standard InChI is InChI=1S/C22H17N3O3/c1-28-22(27)15-11-9-14(10-12-15)21(26)23-17-6-4-5-16(13-17)20-24-18-7-2-3-8-19(18)25-20/h2-13H,1H3,(H,23,26)(H,24,25). The second-order valence-corrected chi connectivity index (χ2v) is 6.21. The van der Waals surface area contributed by atoms with Crippen molar-refractivity contribution < 1.29 is 14.3 Å². The third kappa shape index (κ3) is 3.48. The Balaban J connectivity index is 1.54. The molecule has 1 heterocycles. The lowest BCUT2D eigenvalue weighted by atomic mass is 10.1. The SMILES string of the molecule is COC(=O)c1ccc(C(=O)Nc2cccc(-c3nc4ccccc4[nH]3)c2)cc1. The van der Waals surface area contributed by atoms with Crippen LogP contribution in [0.3, 0.4) is 0 Å². The van der Waals surface area contributed by atoms with Crippen LogP contribution in [0.5, 0.6) is 0 Å². The van der Waals surface area contributed by atoms with Crippen molar-refractivity contribution in [1.29, 1.82) is 0 Å². The Labute approximate surface area is 161 Å². The fraction of sp³-hybridized carbons (Fsp3) is 0.0455. The molecule has 0 atom stereocenters. The molecule has 0 aliphatic rings. The Bertz CT molecular complexity index is 1130. The molecule has 28 heavy (non-hydrogen) atoms. The van der Waals surface area contributed by atoms with Gasteiger partial charge in [0.2, 0.25) is 0 Å².